The highest BCUT2D eigenvalue weighted by molar-refractivity contribution is 5.71. The van der Waals surface area contributed by atoms with Gasteiger partial charge in [-0.1, -0.05) is 0 Å². The van der Waals surface area contributed by atoms with E-state index in [9.17, 15) is 52.7 Å². The fraction of sp³-hybridized carbons (Fsp3) is 0.455. The number of hydrogen-bond acceptors (Lipinski definition) is 0. The zero-order valence-electron chi connectivity index (χ0n) is 10.0. The summed E-state index contributed by atoms with van der Waals surface area (Å²) in [4.78, 5) is 0. The van der Waals surface area contributed by atoms with E-state index in [0.29, 0.717) is 0 Å². The van der Waals surface area contributed by atoms with Gasteiger partial charge in [-0.15, -0.1) is 0 Å². The zero-order valence-corrected chi connectivity index (χ0v) is 10.0. The normalized spacial score (nSPS) is 40.2. The first-order valence-electron chi connectivity index (χ1n) is 5.52. The van der Waals surface area contributed by atoms with Gasteiger partial charge in [-0.2, -0.15) is 26.3 Å². The molecule has 4 rings (SSSR count). The van der Waals surface area contributed by atoms with Gasteiger partial charge in [-0.05, 0) is 0 Å². The van der Waals surface area contributed by atoms with Crippen LogP contribution in [0.25, 0.3) is 0 Å². The number of alkyl halides is 8. The highest BCUT2D eigenvalue weighted by atomic mass is 19.3. The van der Waals surface area contributed by atoms with Gasteiger partial charge < -0.3 is 0 Å². The van der Waals surface area contributed by atoms with Crippen molar-refractivity contribution in [2.24, 2.45) is 0 Å². The fourth-order valence-electron chi connectivity index (χ4n) is 2.82. The molecule has 0 aromatic heterocycles. The molecule has 12 heteroatoms. The van der Waals surface area contributed by atoms with E-state index in [1.807, 2.05) is 0 Å². The van der Waals surface area contributed by atoms with E-state index in [1.54, 1.807) is 0 Å². The minimum Gasteiger partial charge on any atom is -0.224 e. The van der Waals surface area contributed by atoms with Crippen LogP contribution in [-0.2, 0) is 0 Å². The SMILES string of the molecule is FC1=C2C(=C(F)C1(F)F)C1(F)C(F)=C(F)C2(F)C(F)(F)C1(F)F. The molecule has 128 valence electrons. The summed E-state index contributed by atoms with van der Waals surface area (Å²) < 4.78 is 163. The van der Waals surface area contributed by atoms with Gasteiger partial charge in [0.25, 0.3) is 11.3 Å². The molecule has 2 bridgehead atoms. The van der Waals surface area contributed by atoms with Gasteiger partial charge in [-0.25, -0.2) is 26.3 Å². The molecule has 2 unspecified atom stereocenters. The maximum absolute atomic E-state index is 14.2. The largest absolute Gasteiger partial charge is 0.358 e. The van der Waals surface area contributed by atoms with Crippen molar-refractivity contribution in [1.82, 2.24) is 0 Å². The quantitative estimate of drug-likeness (QED) is 0.537. The Balaban J connectivity index is 2.61. The summed E-state index contributed by atoms with van der Waals surface area (Å²) in [6.07, 6.45) is 0. The molecule has 0 aromatic carbocycles. The van der Waals surface area contributed by atoms with Gasteiger partial charge in [0, 0.05) is 0 Å². The Morgan fingerprint density at radius 2 is 0.696 bits per heavy atom. The minimum atomic E-state index is -6.51. The molecule has 0 N–H and O–H groups in total. The number of fused-ring (bicyclic) bond motifs is 1. The highest BCUT2D eigenvalue weighted by Gasteiger charge is 2.93. The predicted molar refractivity (Wildman–Crippen MR) is 48.0 cm³/mol. The lowest BCUT2D eigenvalue weighted by Gasteiger charge is -2.52. The molecule has 2 atom stereocenters. The molecule has 0 spiro atoms. The van der Waals surface area contributed by atoms with Crippen molar-refractivity contribution in [3.05, 3.63) is 34.5 Å². The van der Waals surface area contributed by atoms with Gasteiger partial charge in [0.2, 0.25) is 0 Å². The van der Waals surface area contributed by atoms with Crippen LogP contribution in [0.5, 0.6) is 0 Å². The van der Waals surface area contributed by atoms with Crippen molar-refractivity contribution in [1.29, 1.82) is 0 Å². The van der Waals surface area contributed by atoms with E-state index in [-0.39, 0.29) is 0 Å². The Kier molecular flexibility index (Phi) is 2.51. The summed E-state index contributed by atoms with van der Waals surface area (Å²) in [6, 6.07) is 0. The third-order valence-electron chi connectivity index (χ3n) is 3.99. The van der Waals surface area contributed by atoms with Crippen LogP contribution in [0.1, 0.15) is 0 Å². The predicted octanol–water partition coefficient (Wildman–Crippen LogP) is 4.95. The molecule has 0 nitrogen and oxygen atoms in total. The van der Waals surface area contributed by atoms with Gasteiger partial charge in [0.1, 0.15) is 0 Å². The van der Waals surface area contributed by atoms with E-state index in [0.717, 1.165) is 0 Å². The fourth-order valence-corrected chi connectivity index (χ4v) is 2.82. The Bertz CT molecular complexity index is 680. The van der Waals surface area contributed by atoms with Gasteiger partial charge in [0.05, 0.1) is 11.1 Å². The maximum Gasteiger partial charge on any atom is 0.358 e. The zero-order chi connectivity index (χ0) is 18.0. The third kappa shape index (κ3) is 1.15. The molecule has 4 aliphatic rings. The van der Waals surface area contributed by atoms with E-state index >= 15 is 0 Å². The monoisotopic (exact) mass is 360 g/mol. The summed E-state index contributed by atoms with van der Waals surface area (Å²) in [5, 5.41) is 0. The van der Waals surface area contributed by atoms with Crippen LogP contribution in [0.15, 0.2) is 34.5 Å². The van der Waals surface area contributed by atoms with Crippen LogP contribution in [0.2, 0.25) is 0 Å². The standard InChI is InChI=1S/C11F12/c12-3-1-2(4(13)9(3,18)19)8(17)6(15)5(14)7(1,16)10(20,21)11(8,22)23. The molecule has 1 saturated carbocycles. The van der Waals surface area contributed by atoms with Crippen LogP contribution >= 0.6 is 0 Å². The summed E-state index contributed by atoms with van der Waals surface area (Å²) >= 11 is 0. The second kappa shape index (κ2) is 3.56. The lowest BCUT2D eigenvalue weighted by Crippen LogP contribution is -2.74. The Labute approximate surface area is 117 Å². The van der Waals surface area contributed by atoms with Crippen LogP contribution in [-0.4, -0.2) is 29.1 Å². The van der Waals surface area contributed by atoms with E-state index < -0.39 is 63.6 Å². The lowest BCUT2D eigenvalue weighted by molar-refractivity contribution is -0.315. The first-order chi connectivity index (χ1) is 10.1. The second-order valence-electron chi connectivity index (χ2n) is 5.05. The molecule has 0 aromatic rings. The number of halogens is 12. The lowest BCUT2D eigenvalue weighted by atomic mass is 9.60. The Morgan fingerprint density at radius 3 is 0.957 bits per heavy atom. The number of hydrogen-bond donors (Lipinski definition) is 0. The minimum absolute atomic E-state index is 3.00. The summed E-state index contributed by atoms with van der Waals surface area (Å²) in [6.45, 7) is 0. The first-order valence-corrected chi connectivity index (χ1v) is 5.52. The van der Waals surface area contributed by atoms with E-state index in [1.165, 1.54) is 0 Å². The third-order valence-corrected chi connectivity index (χ3v) is 3.99. The highest BCUT2D eigenvalue weighted by Crippen LogP contribution is 2.74. The molecule has 0 aliphatic heterocycles. The van der Waals surface area contributed by atoms with Crippen LogP contribution in [0, 0.1) is 0 Å². The maximum atomic E-state index is 14.2. The Morgan fingerprint density at radius 1 is 0.435 bits per heavy atom. The van der Waals surface area contributed by atoms with Crippen molar-refractivity contribution in [3.8, 4) is 0 Å². The second-order valence-corrected chi connectivity index (χ2v) is 5.05. The van der Waals surface area contributed by atoms with Crippen molar-refractivity contribution in [3.63, 3.8) is 0 Å². The topological polar surface area (TPSA) is 0 Å². The molecular formula is C11F12. The molecule has 4 aliphatic carbocycles. The number of rotatable bonds is 0. The summed E-state index contributed by atoms with van der Waals surface area (Å²) in [5.74, 6) is -32.6. The molecule has 23 heavy (non-hydrogen) atoms. The Hall–Kier alpha value is -1.62. The van der Waals surface area contributed by atoms with Crippen molar-refractivity contribution in [2.45, 2.75) is 29.1 Å². The average Bonchev–Trinajstić information content (AvgIpc) is 2.62. The average molecular weight is 360 g/mol. The molecule has 0 amide bonds. The molecule has 0 radical (unpaired) electrons. The molecule has 0 saturated heterocycles. The van der Waals surface area contributed by atoms with Crippen LogP contribution < -0.4 is 0 Å². The van der Waals surface area contributed by atoms with Gasteiger partial charge in [-0.3, -0.25) is 0 Å². The van der Waals surface area contributed by atoms with Crippen LogP contribution in [0.4, 0.5) is 52.7 Å². The smallest absolute Gasteiger partial charge is 0.224 e. The van der Waals surface area contributed by atoms with Crippen molar-refractivity contribution in [2.75, 3.05) is 0 Å². The van der Waals surface area contributed by atoms with Gasteiger partial charge >= 0.3 is 17.8 Å². The van der Waals surface area contributed by atoms with Crippen molar-refractivity contribution < 1.29 is 52.7 Å². The molecular weight excluding hydrogens is 360 g/mol. The van der Waals surface area contributed by atoms with Crippen molar-refractivity contribution >= 4 is 0 Å². The number of allylic oxidation sites excluding steroid dienone is 6. The molecule has 0 heterocycles. The summed E-state index contributed by atoms with van der Waals surface area (Å²) in [5.41, 5.74) is -17.7. The first kappa shape index (κ1) is 16.2. The summed E-state index contributed by atoms with van der Waals surface area (Å²) in [7, 11) is 0. The van der Waals surface area contributed by atoms with Gasteiger partial charge in [0.15, 0.2) is 23.3 Å². The van der Waals surface area contributed by atoms with E-state index in [4.69, 9.17) is 0 Å². The van der Waals surface area contributed by atoms with E-state index in [2.05, 4.69) is 0 Å². The van der Waals surface area contributed by atoms with Crippen LogP contribution in [0.3, 0.4) is 0 Å². The molecule has 1 fully saturated rings.